The smallest absolute Gasteiger partial charge is 0.164 e. The van der Waals surface area contributed by atoms with Crippen LogP contribution < -0.4 is 4.90 Å². The summed E-state index contributed by atoms with van der Waals surface area (Å²) in [7, 11) is 1.88. The number of aromatic nitrogens is 7. The fourth-order valence-electron chi connectivity index (χ4n) is 3.37. The highest BCUT2D eigenvalue weighted by molar-refractivity contribution is 9.10. The normalized spacial score (nSPS) is 17.8. The molecule has 0 radical (unpaired) electrons. The number of rotatable bonds is 2. The fraction of sp³-hybridized carbons (Fsp3) is 0.533. The average molecular weight is 391 g/mol. The van der Waals surface area contributed by atoms with E-state index in [0.29, 0.717) is 5.92 Å². The van der Waals surface area contributed by atoms with E-state index in [4.69, 9.17) is 0 Å². The van der Waals surface area contributed by atoms with E-state index in [1.807, 2.05) is 7.05 Å². The van der Waals surface area contributed by atoms with Crippen molar-refractivity contribution in [2.75, 3.05) is 11.4 Å². The van der Waals surface area contributed by atoms with Crippen LogP contribution in [0, 0.1) is 0 Å². The molecule has 24 heavy (non-hydrogen) atoms. The molecule has 0 amide bonds. The van der Waals surface area contributed by atoms with Crippen molar-refractivity contribution in [2.45, 2.75) is 39.3 Å². The molecular formula is C15H19BrN8. The van der Waals surface area contributed by atoms with Gasteiger partial charge in [0.2, 0.25) is 0 Å². The van der Waals surface area contributed by atoms with Crippen LogP contribution in [0.5, 0.6) is 0 Å². The number of hydrogen-bond donors (Lipinski definition) is 0. The van der Waals surface area contributed by atoms with Gasteiger partial charge in [-0.1, -0.05) is 13.8 Å². The third-order valence-corrected chi connectivity index (χ3v) is 5.12. The highest BCUT2D eigenvalue weighted by Crippen LogP contribution is 2.35. The van der Waals surface area contributed by atoms with Gasteiger partial charge in [-0.3, -0.25) is 0 Å². The molecule has 0 saturated carbocycles. The van der Waals surface area contributed by atoms with Crippen molar-refractivity contribution in [1.29, 1.82) is 0 Å². The largest absolute Gasteiger partial charge is 0.344 e. The molecule has 0 N–H and O–H groups in total. The lowest BCUT2D eigenvalue weighted by Gasteiger charge is -2.35. The minimum Gasteiger partial charge on any atom is -0.344 e. The molecule has 0 aliphatic carbocycles. The Balaban J connectivity index is 1.81. The molecule has 126 valence electrons. The monoisotopic (exact) mass is 390 g/mol. The maximum Gasteiger partial charge on any atom is 0.164 e. The number of fused-ring (bicyclic) bond motifs is 2. The first-order valence-electron chi connectivity index (χ1n) is 8.02. The molecule has 8 nitrogen and oxygen atoms in total. The summed E-state index contributed by atoms with van der Waals surface area (Å²) in [5.74, 6) is 3.28. The summed E-state index contributed by atoms with van der Waals surface area (Å²) in [6.45, 7) is 8.13. The fourth-order valence-corrected chi connectivity index (χ4v) is 3.96. The molecule has 0 fully saturated rings. The Hall–Kier alpha value is -2.03. The van der Waals surface area contributed by atoms with Crippen LogP contribution in [0.25, 0.3) is 11.0 Å². The van der Waals surface area contributed by atoms with Gasteiger partial charge in [-0.2, -0.15) is 5.10 Å². The molecule has 0 saturated heterocycles. The number of hydrogen-bond acceptors (Lipinski definition) is 6. The molecule has 0 bridgehead atoms. The quantitative estimate of drug-likeness (QED) is 0.668. The SMILES string of the molecule is CC(C)c1nnc2n1CCN(c1ncnc3c1c(Br)nn3C)C2C. The summed E-state index contributed by atoms with van der Waals surface area (Å²) < 4.78 is 4.76. The highest BCUT2D eigenvalue weighted by atomic mass is 79.9. The van der Waals surface area contributed by atoms with E-state index >= 15 is 0 Å². The van der Waals surface area contributed by atoms with E-state index in [2.05, 4.69) is 71.4 Å². The van der Waals surface area contributed by atoms with Crippen LogP contribution in [0.4, 0.5) is 5.82 Å². The molecule has 4 heterocycles. The standard InChI is InChI=1S/C15H19BrN8/c1-8(2)12-19-20-13-9(3)23(5-6-24(12)13)15-10-11(16)21-22(4)14(10)17-7-18-15/h7-9H,5-6H2,1-4H3. The van der Waals surface area contributed by atoms with Crippen molar-refractivity contribution in [3.63, 3.8) is 0 Å². The Labute approximate surface area is 148 Å². The first-order chi connectivity index (χ1) is 11.5. The van der Waals surface area contributed by atoms with Gasteiger partial charge >= 0.3 is 0 Å². The van der Waals surface area contributed by atoms with E-state index in [1.165, 1.54) is 0 Å². The van der Waals surface area contributed by atoms with Crippen LogP contribution in [0.2, 0.25) is 0 Å². The Kier molecular flexibility index (Phi) is 3.56. The summed E-state index contributed by atoms with van der Waals surface area (Å²) in [5, 5.41) is 14.2. The zero-order chi connectivity index (χ0) is 17.0. The highest BCUT2D eigenvalue weighted by Gasteiger charge is 2.31. The predicted octanol–water partition coefficient (Wildman–Crippen LogP) is 2.42. The van der Waals surface area contributed by atoms with Gasteiger partial charge in [0.1, 0.15) is 22.6 Å². The first kappa shape index (κ1) is 15.5. The van der Waals surface area contributed by atoms with Crippen LogP contribution in [-0.2, 0) is 13.6 Å². The molecule has 1 unspecified atom stereocenters. The molecule has 4 rings (SSSR count). The van der Waals surface area contributed by atoms with Gasteiger partial charge in [0.25, 0.3) is 0 Å². The lowest BCUT2D eigenvalue weighted by atomic mass is 10.1. The van der Waals surface area contributed by atoms with Gasteiger partial charge in [-0.25, -0.2) is 14.6 Å². The molecule has 1 atom stereocenters. The zero-order valence-electron chi connectivity index (χ0n) is 14.1. The minimum absolute atomic E-state index is 0.0870. The number of aryl methyl sites for hydroxylation is 1. The van der Waals surface area contributed by atoms with Crippen LogP contribution in [0.3, 0.4) is 0 Å². The van der Waals surface area contributed by atoms with E-state index < -0.39 is 0 Å². The predicted molar refractivity (Wildman–Crippen MR) is 93.9 cm³/mol. The van der Waals surface area contributed by atoms with E-state index in [9.17, 15) is 0 Å². The van der Waals surface area contributed by atoms with Crippen molar-refractivity contribution >= 4 is 32.8 Å². The van der Waals surface area contributed by atoms with Gasteiger partial charge in [-0.05, 0) is 22.9 Å². The van der Waals surface area contributed by atoms with E-state index in [0.717, 1.165) is 46.2 Å². The van der Waals surface area contributed by atoms with Gasteiger partial charge in [0.15, 0.2) is 11.5 Å². The minimum atomic E-state index is 0.0870. The Bertz CT molecular complexity index is 912. The molecule has 9 heteroatoms. The number of halogens is 1. The van der Waals surface area contributed by atoms with Gasteiger partial charge < -0.3 is 9.47 Å². The molecule has 3 aromatic heterocycles. The Morgan fingerprint density at radius 1 is 1.21 bits per heavy atom. The molecule has 3 aromatic rings. The maximum atomic E-state index is 4.54. The maximum absolute atomic E-state index is 4.54. The van der Waals surface area contributed by atoms with Crippen LogP contribution in [0.1, 0.15) is 44.4 Å². The Morgan fingerprint density at radius 2 is 2.00 bits per heavy atom. The van der Waals surface area contributed by atoms with Crippen molar-refractivity contribution < 1.29 is 0 Å². The Morgan fingerprint density at radius 3 is 2.75 bits per heavy atom. The van der Waals surface area contributed by atoms with Crippen LogP contribution >= 0.6 is 15.9 Å². The van der Waals surface area contributed by atoms with Crippen molar-refractivity contribution in [1.82, 2.24) is 34.5 Å². The van der Waals surface area contributed by atoms with Crippen molar-refractivity contribution in [3.05, 3.63) is 22.6 Å². The second kappa shape index (κ2) is 5.51. The van der Waals surface area contributed by atoms with E-state index in [1.54, 1.807) is 11.0 Å². The van der Waals surface area contributed by atoms with Gasteiger partial charge in [0.05, 0.1) is 11.4 Å². The number of nitrogens with zero attached hydrogens (tertiary/aromatic N) is 8. The summed E-state index contributed by atoms with van der Waals surface area (Å²) in [6.07, 6.45) is 1.59. The topological polar surface area (TPSA) is 77.6 Å². The molecule has 1 aliphatic heterocycles. The molecule has 0 spiro atoms. The third-order valence-electron chi connectivity index (χ3n) is 4.56. The van der Waals surface area contributed by atoms with Crippen molar-refractivity contribution in [3.8, 4) is 0 Å². The summed E-state index contributed by atoms with van der Waals surface area (Å²) in [6, 6.07) is 0.0870. The van der Waals surface area contributed by atoms with Crippen molar-refractivity contribution in [2.24, 2.45) is 7.05 Å². The molecule has 0 aromatic carbocycles. The second-order valence-electron chi connectivity index (χ2n) is 6.40. The third kappa shape index (κ3) is 2.14. The average Bonchev–Trinajstić information content (AvgIpc) is 3.10. The second-order valence-corrected chi connectivity index (χ2v) is 7.15. The summed E-state index contributed by atoms with van der Waals surface area (Å²) in [5.41, 5.74) is 0.814. The summed E-state index contributed by atoms with van der Waals surface area (Å²) >= 11 is 3.54. The molecular weight excluding hydrogens is 372 g/mol. The zero-order valence-corrected chi connectivity index (χ0v) is 15.7. The first-order valence-corrected chi connectivity index (χ1v) is 8.81. The van der Waals surface area contributed by atoms with Crippen LogP contribution in [-0.4, -0.2) is 41.1 Å². The van der Waals surface area contributed by atoms with Crippen LogP contribution in [0.15, 0.2) is 10.9 Å². The number of anilines is 1. The lowest BCUT2D eigenvalue weighted by molar-refractivity contribution is 0.478. The summed E-state index contributed by atoms with van der Waals surface area (Å²) in [4.78, 5) is 11.2. The van der Waals surface area contributed by atoms with E-state index in [-0.39, 0.29) is 6.04 Å². The van der Waals surface area contributed by atoms with Gasteiger partial charge in [0, 0.05) is 26.1 Å². The lowest BCUT2D eigenvalue weighted by Crippen LogP contribution is -2.38. The van der Waals surface area contributed by atoms with Gasteiger partial charge in [-0.15, -0.1) is 10.2 Å². The molecule has 1 aliphatic rings.